The lowest BCUT2D eigenvalue weighted by molar-refractivity contribution is -0.110. The summed E-state index contributed by atoms with van der Waals surface area (Å²) < 4.78 is 0. The highest BCUT2D eigenvalue weighted by atomic mass is 16.2. The van der Waals surface area contributed by atoms with Gasteiger partial charge in [0.2, 0.25) is 0 Å². The fourth-order valence-corrected chi connectivity index (χ4v) is 6.00. The maximum absolute atomic E-state index is 13.5. The van der Waals surface area contributed by atoms with Crippen LogP contribution in [0.25, 0.3) is 11.3 Å². The summed E-state index contributed by atoms with van der Waals surface area (Å²) in [6.07, 6.45) is 4.64. The molecule has 2 aliphatic rings. The molecule has 0 aromatic heterocycles. The first kappa shape index (κ1) is 28.4. The van der Waals surface area contributed by atoms with E-state index >= 15 is 0 Å². The second-order valence-electron chi connectivity index (χ2n) is 11.3. The smallest absolute Gasteiger partial charge is 0.258 e. The molecule has 1 fully saturated rings. The van der Waals surface area contributed by atoms with Gasteiger partial charge in [-0.15, -0.1) is 0 Å². The first-order valence-electron chi connectivity index (χ1n) is 15.3. The van der Waals surface area contributed by atoms with Crippen LogP contribution in [0.15, 0.2) is 103 Å². The predicted molar refractivity (Wildman–Crippen MR) is 174 cm³/mol. The van der Waals surface area contributed by atoms with Gasteiger partial charge in [0.05, 0.1) is 17.3 Å². The SMILES string of the molecule is CC[C@H](NC(=O)c1ccc2c(c1)C(=C(Nc1ccc(CN3CCCCC3)cc1)c1ccccc1)C(=O)N2)c1ccccc1. The molecule has 3 N–H and O–H groups in total. The molecule has 4 aromatic rings. The molecule has 2 heterocycles. The van der Waals surface area contributed by atoms with Crippen molar-refractivity contribution in [3.05, 3.63) is 131 Å². The molecule has 0 bridgehead atoms. The van der Waals surface area contributed by atoms with Crippen molar-refractivity contribution in [3.8, 4) is 0 Å². The van der Waals surface area contributed by atoms with Crippen LogP contribution in [0.2, 0.25) is 0 Å². The van der Waals surface area contributed by atoms with E-state index in [1.807, 2.05) is 72.8 Å². The van der Waals surface area contributed by atoms with Crippen molar-refractivity contribution in [1.29, 1.82) is 0 Å². The molecule has 0 spiro atoms. The number of fused-ring (bicyclic) bond motifs is 1. The van der Waals surface area contributed by atoms with Crippen molar-refractivity contribution in [2.45, 2.75) is 45.2 Å². The van der Waals surface area contributed by atoms with Gasteiger partial charge in [-0.1, -0.05) is 86.1 Å². The zero-order chi connectivity index (χ0) is 29.6. The summed E-state index contributed by atoms with van der Waals surface area (Å²) in [5, 5.41) is 9.74. The molecular weight excluding hydrogens is 532 g/mol. The van der Waals surface area contributed by atoms with E-state index < -0.39 is 0 Å². The third kappa shape index (κ3) is 6.55. The van der Waals surface area contributed by atoms with E-state index in [1.54, 1.807) is 6.07 Å². The van der Waals surface area contributed by atoms with Crippen LogP contribution in [0.3, 0.4) is 0 Å². The number of nitrogens with zero attached hydrogens (tertiary/aromatic N) is 1. The first-order valence-corrected chi connectivity index (χ1v) is 15.3. The van der Waals surface area contributed by atoms with Gasteiger partial charge in [0, 0.05) is 29.0 Å². The minimum absolute atomic E-state index is 0.101. The average Bonchev–Trinajstić information content (AvgIpc) is 3.39. The van der Waals surface area contributed by atoms with Crippen LogP contribution in [0.1, 0.15) is 71.3 Å². The van der Waals surface area contributed by atoms with Crippen LogP contribution < -0.4 is 16.0 Å². The van der Waals surface area contributed by atoms with Crippen LogP contribution in [0.5, 0.6) is 0 Å². The summed E-state index contributed by atoms with van der Waals surface area (Å²) in [6.45, 7) is 5.33. The zero-order valence-corrected chi connectivity index (χ0v) is 24.6. The third-order valence-corrected chi connectivity index (χ3v) is 8.33. The number of nitrogens with one attached hydrogen (secondary N) is 3. The molecule has 2 aliphatic heterocycles. The van der Waals surface area contributed by atoms with Gasteiger partial charge in [-0.25, -0.2) is 0 Å². The lowest BCUT2D eigenvalue weighted by atomic mass is 9.97. The fraction of sp³-hybridized carbons (Fsp3) is 0.243. The van der Waals surface area contributed by atoms with E-state index in [9.17, 15) is 9.59 Å². The summed E-state index contributed by atoms with van der Waals surface area (Å²) in [6, 6.07) is 33.6. The van der Waals surface area contributed by atoms with Crippen molar-refractivity contribution in [2.75, 3.05) is 23.7 Å². The van der Waals surface area contributed by atoms with E-state index in [2.05, 4.69) is 52.0 Å². The fourth-order valence-electron chi connectivity index (χ4n) is 6.00. The highest BCUT2D eigenvalue weighted by Crippen LogP contribution is 2.38. The molecule has 1 atom stereocenters. The van der Waals surface area contributed by atoms with Gasteiger partial charge < -0.3 is 16.0 Å². The minimum atomic E-state index is -0.198. The Labute approximate surface area is 253 Å². The number of carbonyl (C=O) groups excluding carboxylic acids is 2. The quantitative estimate of drug-likeness (QED) is 0.182. The van der Waals surface area contributed by atoms with E-state index in [1.165, 1.54) is 24.8 Å². The largest absolute Gasteiger partial charge is 0.354 e. The molecule has 6 heteroatoms. The molecule has 0 aliphatic carbocycles. The van der Waals surface area contributed by atoms with Crippen LogP contribution in [-0.2, 0) is 11.3 Å². The van der Waals surface area contributed by atoms with Crippen molar-refractivity contribution < 1.29 is 9.59 Å². The number of likely N-dealkylation sites (tertiary alicyclic amines) is 1. The van der Waals surface area contributed by atoms with Crippen molar-refractivity contribution in [2.24, 2.45) is 0 Å². The molecular formula is C37H38N4O2. The monoisotopic (exact) mass is 570 g/mol. The Balaban J connectivity index is 1.31. The van der Waals surface area contributed by atoms with Gasteiger partial charge in [0.15, 0.2) is 0 Å². The standard InChI is InChI=1S/C37H38N4O2/c1-2-32(27-12-6-3-7-13-27)39-36(42)29-18-21-33-31(24-29)34(37(43)40-33)35(28-14-8-4-9-15-28)38-30-19-16-26(17-20-30)25-41-22-10-5-11-23-41/h3-4,6-9,12-21,24,32,38H,2,5,10-11,22-23,25H2,1H3,(H,39,42)(H,40,43)/t32-/m0/s1. The second-order valence-corrected chi connectivity index (χ2v) is 11.3. The van der Waals surface area contributed by atoms with Crippen LogP contribution in [0, 0.1) is 0 Å². The van der Waals surface area contributed by atoms with Crippen LogP contribution in [0.4, 0.5) is 11.4 Å². The molecule has 43 heavy (non-hydrogen) atoms. The van der Waals surface area contributed by atoms with Gasteiger partial charge in [-0.05, 0) is 79.4 Å². The van der Waals surface area contributed by atoms with Crippen LogP contribution in [-0.4, -0.2) is 29.8 Å². The van der Waals surface area contributed by atoms with Crippen LogP contribution >= 0.6 is 0 Å². The van der Waals surface area contributed by atoms with Gasteiger partial charge in [0.1, 0.15) is 0 Å². The molecule has 6 rings (SSSR count). The summed E-state index contributed by atoms with van der Waals surface area (Å²) in [4.78, 5) is 29.4. The Morgan fingerprint density at radius 1 is 0.837 bits per heavy atom. The number of rotatable bonds is 9. The Bertz CT molecular complexity index is 1610. The normalized spacial score (nSPS) is 16.6. The number of hydrogen-bond acceptors (Lipinski definition) is 4. The predicted octanol–water partition coefficient (Wildman–Crippen LogP) is 7.49. The number of carbonyl (C=O) groups is 2. The number of amides is 2. The molecule has 218 valence electrons. The average molecular weight is 571 g/mol. The lowest BCUT2D eigenvalue weighted by Gasteiger charge is -2.26. The maximum Gasteiger partial charge on any atom is 0.258 e. The third-order valence-electron chi connectivity index (χ3n) is 8.33. The summed E-state index contributed by atoms with van der Waals surface area (Å²) in [7, 11) is 0. The second kappa shape index (κ2) is 13.1. The van der Waals surface area contributed by atoms with E-state index in [-0.39, 0.29) is 17.9 Å². The molecule has 1 saturated heterocycles. The molecule has 2 amide bonds. The lowest BCUT2D eigenvalue weighted by Crippen LogP contribution is -2.29. The van der Waals surface area contributed by atoms with Gasteiger partial charge in [-0.2, -0.15) is 0 Å². The van der Waals surface area contributed by atoms with E-state index in [0.29, 0.717) is 28.1 Å². The number of benzene rings is 4. The summed E-state index contributed by atoms with van der Waals surface area (Å²) in [5.74, 6) is -0.368. The minimum Gasteiger partial charge on any atom is -0.354 e. The molecule has 0 saturated carbocycles. The summed E-state index contributed by atoms with van der Waals surface area (Å²) >= 11 is 0. The van der Waals surface area contributed by atoms with Crippen molar-refractivity contribution in [3.63, 3.8) is 0 Å². The van der Waals surface area contributed by atoms with Crippen molar-refractivity contribution >= 4 is 34.5 Å². The Morgan fingerprint density at radius 2 is 1.53 bits per heavy atom. The molecule has 6 nitrogen and oxygen atoms in total. The first-order chi connectivity index (χ1) is 21.1. The topological polar surface area (TPSA) is 73.5 Å². The van der Waals surface area contributed by atoms with E-state index in [4.69, 9.17) is 0 Å². The molecule has 0 radical (unpaired) electrons. The number of piperidine rings is 1. The zero-order valence-electron chi connectivity index (χ0n) is 24.6. The highest BCUT2D eigenvalue weighted by molar-refractivity contribution is 6.37. The number of anilines is 2. The highest BCUT2D eigenvalue weighted by Gasteiger charge is 2.30. The van der Waals surface area contributed by atoms with E-state index in [0.717, 1.165) is 42.9 Å². The van der Waals surface area contributed by atoms with Crippen molar-refractivity contribution in [1.82, 2.24) is 10.2 Å². The van der Waals surface area contributed by atoms with Gasteiger partial charge >= 0.3 is 0 Å². The van der Waals surface area contributed by atoms with Gasteiger partial charge in [-0.3, -0.25) is 14.5 Å². The molecule has 4 aromatic carbocycles. The Kier molecular flexibility index (Phi) is 8.66. The summed E-state index contributed by atoms with van der Waals surface area (Å²) in [5.41, 5.74) is 7.27. The maximum atomic E-state index is 13.5. The Hall–Kier alpha value is -4.68. The molecule has 0 unspecified atom stereocenters. The van der Waals surface area contributed by atoms with Gasteiger partial charge in [0.25, 0.3) is 11.8 Å². The Morgan fingerprint density at radius 3 is 2.23 bits per heavy atom. The number of hydrogen-bond donors (Lipinski definition) is 3.